The summed E-state index contributed by atoms with van der Waals surface area (Å²) < 4.78 is 3.98. The van der Waals surface area contributed by atoms with Crippen LogP contribution in [0.4, 0.5) is 5.69 Å². The second-order valence-electron chi connectivity index (χ2n) is 4.36. The van der Waals surface area contributed by atoms with Crippen molar-refractivity contribution in [1.82, 2.24) is 0 Å². The first-order valence-electron chi connectivity index (χ1n) is 5.92. The summed E-state index contributed by atoms with van der Waals surface area (Å²) in [7, 11) is 0. The van der Waals surface area contributed by atoms with Crippen LogP contribution in [0, 0.1) is 0 Å². The Hall–Kier alpha value is -0.170. The SMILES string of the molecule is CC(=O)Cc1cc(Br)cc(Br)c1.Nc1cc(Br)cc(Br)c1. The Balaban J connectivity index is 0.000000219. The van der Waals surface area contributed by atoms with Crippen LogP contribution in [-0.2, 0) is 11.2 Å². The van der Waals surface area contributed by atoms with Crippen LogP contribution in [0.5, 0.6) is 0 Å². The van der Waals surface area contributed by atoms with E-state index in [2.05, 4.69) is 63.7 Å². The van der Waals surface area contributed by atoms with Gasteiger partial charge in [0.15, 0.2) is 0 Å². The fourth-order valence-corrected chi connectivity index (χ4v) is 4.29. The van der Waals surface area contributed by atoms with Gasteiger partial charge < -0.3 is 5.73 Å². The van der Waals surface area contributed by atoms with E-state index >= 15 is 0 Å². The molecule has 2 aromatic carbocycles. The summed E-state index contributed by atoms with van der Waals surface area (Å²) in [6.45, 7) is 1.59. The first kappa shape index (κ1) is 18.9. The molecule has 0 amide bonds. The van der Waals surface area contributed by atoms with Crippen molar-refractivity contribution in [2.45, 2.75) is 13.3 Å². The average Bonchev–Trinajstić information content (AvgIpc) is 2.24. The molecule has 2 rings (SSSR count). The highest BCUT2D eigenvalue weighted by Crippen LogP contribution is 2.21. The minimum Gasteiger partial charge on any atom is -0.399 e. The van der Waals surface area contributed by atoms with E-state index < -0.39 is 0 Å². The number of halogens is 4. The molecule has 0 spiro atoms. The van der Waals surface area contributed by atoms with Crippen LogP contribution in [0.1, 0.15) is 12.5 Å². The van der Waals surface area contributed by atoms with E-state index in [9.17, 15) is 4.79 Å². The smallest absolute Gasteiger partial charge is 0.134 e. The topological polar surface area (TPSA) is 43.1 Å². The van der Waals surface area contributed by atoms with E-state index in [4.69, 9.17) is 5.73 Å². The molecule has 6 heteroatoms. The van der Waals surface area contributed by atoms with Gasteiger partial charge in [-0.05, 0) is 48.9 Å². The molecule has 0 aliphatic carbocycles. The highest BCUT2D eigenvalue weighted by molar-refractivity contribution is 9.11. The molecule has 0 atom stereocenters. The zero-order chi connectivity index (χ0) is 16.0. The number of nitrogens with two attached hydrogens (primary N) is 1. The van der Waals surface area contributed by atoms with Gasteiger partial charge in [-0.15, -0.1) is 0 Å². The number of ketones is 1. The van der Waals surface area contributed by atoms with Gasteiger partial charge in [0.05, 0.1) is 0 Å². The van der Waals surface area contributed by atoms with Crippen LogP contribution in [-0.4, -0.2) is 5.78 Å². The second-order valence-corrected chi connectivity index (χ2v) is 8.02. The molecule has 0 aliphatic rings. The van der Waals surface area contributed by atoms with E-state index in [0.29, 0.717) is 6.42 Å². The molecule has 0 fully saturated rings. The zero-order valence-electron chi connectivity index (χ0n) is 11.2. The van der Waals surface area contributed by atoms with Crippen molar-refractivity contribution < 1.29 is 4.79 Å². The van der Waals surface area contributed by atoms with Crippen molar-refractivity contribution >= 4 is 75.2 Å². The third kappa shape index (κ3) is 8.14. The maximum atomic E-state index is 10.8. The van der Waals surface area contributed by atoms with Gasteiger partial charge in [0.2, 0.25) is 0 Å². The first-order valence-corrected chi connectivity index (χ1v) is 9.09. The lowest BCUT2D eigenvalue weighted by Crippen LogP contribution is -1.95. The van der Waals surface area contributed by atoms with Crippen molar-refractivity contribution in [3.05, 3.63) is 59.9 Å². The van der Waals surface area contributed by atoms with E-state index in [1.54, 1.807) is 6.92 Å². The molecule has 0 heterocycles. The summed E-state index contributed by atoms with van der Waals surface area (Å²) in [6, 6.07) is 11.5. The van der Waals surface area contributed by atoms with Crippen LogP contribution >= 0.6 is 63.7 Å². The van der Waals surface area contributed by atoms with Gasteiger partial charge in [-0.3, -0.25) is 4.79 Å². The normalized spacial score (nSPS) is 9.76. The molecule has 0 unspecified atom stereocenters. The van der Waals surface area contributed by atoms with Crippen LogP contribution in [0.3, 0.4) is 0 Å². The molecule has 2 aromatic rings. The molecule has 0 aromatic heterocycles. The van der Waals surface area contributed by atoms with Gasteiger partial charge in [0, 0.05) is 30.0 Å². The van der Waals surface area contributed by atoms with E-state index in [0.717, 1.165) is 29.1 Å². The monoisotopic (exact) mass is 539 g/mol. The molecule has 112 valence electrons. The Morgan fingerprint density at radius 3 is 1.57 bits per heavy atom. The molecule has 0 radical (unpaired) electrons. The lowest BCUT2D eigenvalue weighted by molar-refractivity contribution is -0.116. The molecule has 0 saturated heterocycles. The van der Waals surface area contributed by atoms with Crippen molar-refractivity contribution in [2.24, 2.45) is 0 Å². The Bertz CT molecular complexity index is 573. The molecule has 0 aliphatic heterocycles. The van der Waals surface area contributed by atoms with Crippen LogP contribution in [0.25, 0.3) is 0 Å². The van der Waals surface area contributed by atoms with Gasteiger partial charge in [-0.1, -0.05) is 63.7 Å². The number of carbonyl (C=O) groups is 1. The minimum atomic E-state index is 0.181. The molecular weight excluding hydrogens is 530 g/mol. The molecule has 2 nitrogen and oxygen atoms in total. The van der Waals surface area contributed by atoms with Crippen molar-refractivity contribution in [2.75, 3.05) is 5.73 Å². The number of anilines is 1. The lowest BCUT2D eigenvalue weighted by Gasteiger charge is -1.99. The Morgan fingerprint density at radius 2 is 1.24 bits per heavy atom. The Labute approximate surface area is 158 Å². The standard InChI is InChI=1S/C9H8Br2O.C6H5Br2N/c1-6(12)2-7-3-8(10)5-9(11)4-7;7-4-1-5(8)3-6(9)2-4/h3-5H,2H2,1H3;1-3H,9H2. The highest BCUT2D eigenvalue weighted by atomic mass is 79.9. The predicted octanol–water partition coefficient (Wildman–Crippen LogP) is 6.14. The van der Waals surface area contributed by atoms with Crippen LogP contribution in [0.2, 0.25) is 0 Å². The Kier molecular flexibility index (Phi) is 8.16. The predicted molar refractivity (Wildman–Crippen MR) is 102 cm³/mol. The summed E-state index contributed by atoms with van der Waals surface area (Å²) in [5.41, 5.74) is 7.29. The average molecular weight is 543 g/mol. The van der Waals surface area contributed by atoms with Gasteiger partial charge >= 0.3 is 0 Å². The number of Topliss-reactive ketones (excluding diaryl/α,β-unsaturated/α-hetero) is 1. The van der Waals surface area contributed by atoms with E-state index in [-0.39, 0.29) is 5.78 Å². The molecule has 0 saturated carbocycles. The summed E-state index contributed by atoms with van der Waals surface area (Å²) in [4.78, 5) is 10.8. The number of hydrogen-bond acceptors (Lipinski definition) is 2. The largest absolute Gasteiger partial charge is 0.399 e. The summed E-state index contributed by atoms with van der Waals surface area (Å²) >= 11 is 13.3. The molecule has 0 bridgehead atoms. The van der Waals surface area contributed by atoms with Gasteiger partial charge in [0.25, 0.3) is 0 Å². The maximum Gasteiger partial charge on any atom is 0.134 e. The zero-order valence-corrected chi connectivity index (χ0v) is 17.5. The fraction of sp³-hybridized carbons (Fsp3) is 0.133. The third-order valence-corrected chi connectivity index (χ3v) is 4.09. The van der Waals surface area contributed by atoms with Crippen LogP contribution < -0.4 is 5.73 Å². The number of nitrogen functional groups attached to an aromatic ring is 1. The number of hydrogen-bond donors (Lipinski definition) is 1. The Morgan fingerprint density at radius 1 is 0.857 bits per heavy atom. The van der Waals surface area contributed by atoms with Gasteiger partial charge in [-0.25, -0.2) is 0 Å². The van der Waals surface area contributed by atoms with Crippen molar-refractivity contribution in [1.29, 1.82) is 0 Å². The van der Waals surface area contributed by atoms with Crippen molar-refractivity contribution in [3.8, 4) is 0 Å². The molecule has 21 heavy (non-hydrogen) atoms. The summed E-state index contributed by atoms with van der Waals surface area (Å²) in [5, 5.41) is 0. The molecule has 2 N–H and O–H groups in total. The van der Waals surface area contributed by atoms with Crippen LogP contribution in [0.15, 0.2) is 54.3 Å². The van der Waals surface area contributed by atoms with Gasteiger partial charge in [0.1, 0.15) is 5.78 Å². The quantitative estimate of drug-likeness (QED) is 0.464. The summed E-state index contributed by atoms with van der Waals surface area (Å²) in [6.07, 6.45) is 0.498. The lowest BCUT2D eigenvalue weighted by atomic mass is 10.1. The minimum absolute atomic E-state index is 0.181. The second kappa shape index (κ2) is 9.08. The first-order chi connectivity index (χ1) is 9.76. The van der Waals surface area contributed by atoms with Gasteiger partial charge in [-0.2, -0.15) is 0 Å². The maximum absolute atomic E-state index is 10.8. The highest BCUT2D eigenvalue weighted by Gasteiger charge is 2.00. The fourth-order valence-electron chi connectivity index (χ4n) is 1.58. The van der Waals surface area contributed by atoms with E-state index in [1.165, 1.54) is 0 Å². The number of rotatable bonds is 2. The molecular formula is C15H13Br4NO. The van der Waals surface area contributed by atoms with E-state index in [1.807, 2.05) is 36.4 Å². The summed E-state index contributed by atoms with van der Waals surface area (Å²) in [5.74, 6) is 0.181. The number of benzene rings is 2. The van der Waals surface area contributed by atoms with Crippen molar-refractivity contribution in [3.63, 3.8) is 0 Å². The number of carbonyl (C=O) groups excluding carboxylic acids is 1. The third-order valence-electron chi connectivity index (χ3n) is 2.26.